The van der Waals surface area contributed by atoms with Gasteiger partial charge in [-0.1, -0.05) is 12.8 Å². The molecule has 1 aliphatic rings. The summed E-state index contributed by atoms with van der Waals surface area (Å²) in [5, 5.41) is 3.09. The average molecular weight is 212 g/mol. The highest BCUT2D eigenvalue weighted by Gasteiger charge is 2.17. The van der Waals surface area contributed by atoms with E-state index in [1.165, 1.54) is 6.07 Å². The molecule has 1 fully saturated rings. The first kappa shape index (κ1) is 10.2. The van der Waals surface area contributed by atoms with Gasteiger partial charge in [0.15, 0.2) is 5.82 Å². The highest BCUT2D eigenvalue weighted by Crippen LogP contribution is 2.28. The van der Waals surface area contributed by atoms with Gasteiger partial charge in [-0.25, -0.2) is 8.78 Å². The van der Waals surface area contributed by atoms with Crippen LogP contribution < -0.4 is 11.1 Å². The molecule has 82 valence electrons. The summed E-state index contributed by atoms with van der Waals surface area (Å²) in [6, 6.07) is 2.35. The minimum atomic E-state index is -0.699. The largest absolute Gasteiger partial charge is 0.395 e. The molecule has 1 aromatic carbocycles. The van der Waals surface area contributed by atoms with Crippen LogP contribution in [0.15, 0.2) is 12.1 Å². The molecule has 0 aliphatic heterocycles. The summed E-state index contributed by atoms with van der Waals surface area (Å²) < 4.78 is 26.1. The minimum Gasteiger partial charge on any atom is -0.395 e. The lowest BCUT2D eigenvalue weighted by Crippen LogP contribution is -2.16. The molecule has 0 saturated heterocycles. The Morgan fingerprint density at radius 2 is 1.87 bits per heavy atom. The zero-order valence-corrected chi connectivity index (χ0v) is 8.39. The van der Waals surface area contributed by atoms with Gasteiger partial charge in [-0.15, -0.1) is 0 Å². The van der Waals surface area contributed by atoms with Crippen molar-refractivity contribution in [3.63, 3.8) is 0 Å². The van der Waals surface area contributed by atoms with Gasteiger partial charge >= 0.3 is 0 Å². The van der Waals surface area contributed by atoms with Crippen molar-refractivity contribution in [2.75, 3.05) is 11.1 Å². The number of anilines is 2. The van der Waals surface area contributed by atoms with Gasteiger partial charge in [-0.2, -0.15) is 0 Å². The Morgan fingerprint density at radius 3 is 2.53 bits per heavy atom. The summed E-state index contributed by atoms with van der Waals surface area (Å²) in [4.78, 5) is 0. The van der Waals surface area contributed by atoms with Crippen LogP contribution in [0.2, 0.25) is 0 Å². The van der Waals surface area contributed by atoms with Crippen LogP contribution in [0, 0.1) is 11.6 Å². The smallest absolute Gasteiger partial charge is 0.151 e. The normalized spacial score (nSPS) is 16.9. The molecule has 15 heavy (non-hydrogen) atoms. The molecule has 0 bridgehead atoms. The Balaban J connectivity index is 2.19. The second kappa shape index (κ2) is 4.04. The van der Waals surface area contributed by atoms with Crippen LogP contribution in [-0.2, 0) is 0 Å². The van der Waals surface area contributed by atoms with Gasteiger partial charge in [-0.05, 0) is 18.9 Å². The van der Waals surface area contributed by atoms with Gasteiger partial charge in [0.1, 0.15) is 5.82 Å². The van der Waals surface area contributed by atoms with E-state index in [0.717, 1.165) is 31.7 Å². The van der Waals surface area contributed by atoms with Crippen molar-refractivity contribution in [2.45, 2.75) is 31.7 Å². The third-order valence-electron chi connectivity index (χ3n) is 2.81. The summed E-state index contributed by atoms with van der Waals surface area (Å²) in [5.41, 5.74) is 5.90. The molecule has 0 radical (unpaired) electrons. The maximum atomic E-state index is 13.1. The highest BCUT2D eigenvalue weighted by atomic mass is 19.1. The summed E-state index contributed by atoms with van der Waals surface area (Å²) >= 11 is 0. The first-order valence-corrected chi connectivity index (χ1v) is 5.18. The van der Waals surface area contributed by atoms with E-state index in [1.807, 2.05) is 0 Å². The minimum absolute atomic E-state index is 0.00306. The fourth-order valence-electron chi connectivity index (χ4n) is 1.99. The van der Waals surface area contributed by atoms with Crippen molar-refractivity contribution in [3.8, 4) is 0 Å². The van der Waals surface area contributed by atoms with E-state index in [-0.39, 0.29) is 5.69 Å². The molecule has 3 N–H and O–H groups in total. The number of nitrogen functional groups attached to an aromatic ring is 1. The van der Waals surface area contributed by atoms with Gasteiger partial charge in [-0.3, -0.25) is 0 Å². The Kier molecular flexibility index (Phi) is 2.75. The van der Waals surface area contributed by atoms with Gasteiger partial charge in [0, 0.05) is 12.1 Å². The zero-order chi connectivity index (χ0) is 10.8. The first-order valence-electron chi connectivity index (χ1n) is 5.18. The number of hydrogen-bond acceptors (Lipinski definition) is 2. The Morgan fingerprint density at radius 1 is 1.20 bits per heavy atom. The van der Waals surface area contributed by atoms with E-state index in [2.05, 4.69) is 5.32 Å². The zero-order valence-electron chi connectivity index (χ0n) is 8.39. The molecule has 0 atom stereocenters. The molecular weight excluding hydrogens is 198 g/mol. The number of rotatable bonds is 2. The predicted octanol–water partition coefficient (Wildman–Crippen LogP) is 2.90. The average Bonchev–Trinajstić information content (AvgIpc) is 2.66. The van der Waals surface area contributed by atoms with Gasteiger partial charge in [0.25, 0.3) is 0 Å². The molecule has 2 nitrogen and oxygen atoms in total. The van der Waals surface area contributed by atoms with Crippen molar-refractivity contribution < 1.29 is 8.78 Å². The molecule has 0 aromatic heterocycles. The summed E-state index contributed by atoms with van der Waals surface area (Å²) in [6.45, 7) is 0. The van der Waals surface area contributed by atoms with E-state index in [1.54, 1.807) is 0 Å². The summed E-state index contributed by atoms with van der Waals surface area (Å²) in [5.74, 6) is -1.29. The topological polar surface area (TPSA) is 38.0 Å². The first-order chi connectivity index (χ1) is 7.16. The lowest BCUT2D eigenvalue weighted by molar-refractivity contribution is 0.586. The van der Waals surface area contributed by atoms with Crippen LogP contribution in [0.3, 0.4) is 0 Å². The standard InChI is InChI=1S/C11H14F2N2/c12-7-5-9(13)11(14)10(6-7)15-8-3-1-2-4-8/h5-6,8,15H,1-4,14H2. The van der Waals surface area contributed by atoms with Crippen molar-refractivity contribution in [1.82, 2.24) is 0 Å². The number of nitrogens with one attached hydrogen (secondary N) is 1. The highest BCUT2D eigenvalue weighted by molar-refractivity contribution is 5.67. The van der Waals surface area contributed by atoms with E-state index in [0.29, 0.717) is 11.7 Å². The lowest BCUT2D eigenvalue weighted by Gasteiger charge is -2.15. The molecular formula is C11H14F2N2. The van der Waals surface area contributed by atoms with E-state index >= 15 is 0 Å². The van der Waals surface area contributed by atoms with Crippen LogP contribution in [0.25, 0.3) is 0 Å². The Labute approximate surface area is 87.5 Å². The SMILES string of the molecule is Nc1c(F)cc(F)cc1NC1CCCC1. The number of halogens is 2. The van der Waals surface area contributed by atoms with E-state index in [4.69, 9.17) is 5.73 Å². The third kappa shape index (κ3) is 2.19. The van der Waals surface area contributed by atoms with Gasteiger partial charge in [0.05, 0.1) is 11.4 Å². The van der Waals surface area contributed by atoms with Crippen molar-refractivity contribution in [1.29, 1.82) is 0 Å². The second-order valence-corrected chi connectivity index (χ2v) is 3.97. The monoisotopic (exact) mass is 212 g/mol. The third-order valence-corrected chi connectivity index (χ3v) is 2.81. The maximum Gasteiger partial charge on any atom is 0.151 e. The molecule has 4 heteroatoms. The quantitative estimate of drug-likeness (QED) is 0.740. The van der Waals surface area contributed by atoms with E-state index in [9.17, 15) is 8.78 Å². The van der Waals surface area contributed by atoms with Crippen molar-refractivity contribution >= 4 is 11.4 Å². The van der Waals surface area contributed by atoms with Crippen LogP contribution >= 0.6 is 0 Å². The lowest BCUT2D eigenvalue weighted by atomic mass is 10.2. The fraction of sp³-hybridized carbons (Fsp3) is 0.455. The van der Waals surface area contributed by atoms with E-state index < -0.39 is 11.6 Å². The number of hydrogen-bond donors (Lipinski definition) is 2. The van der Waals surface area contributed by atoms with Gasteiger partial charge in [0.2, 0.25) is 0 Å². The molecule has 2 rings (SSSR count). The summed E-state index contributed by atoms with van der Waals surface area (Å²) in [6.07, 6.45) is 4.40. The molecule has 0 spiro atoms. The van der Waals surface area contributed by atoms with Crippen molar-refractivity contribution in [3.05, 3.63) is 23.8 Å². The molecule has 1 aliphatic carbocycles. The number of benzene rings is 1. The molecule has 1 aromatic rings. The molecule has 0 unspecified atom stereocenters. The van der Waals surface area contributed by atoms with Crippen molar-refractivity contribution in [2.24, 2.45) is 0 Å². The Hall–Kier alpha value is -1.32. The Bertz CT molecular complexity index is 360. The molecule has 0 heterocycles. The van der Waals surface area contributed by atoms with Crippen LogP contribution in [0.4, 0.5) is 20.2 Å². The fourth-order valence-corrected chi connectivity index (χ4v) is 1.99. The summed E-state index contributed by atoms with van der Waals surface area (Å²) in [7, 11) is 0. The van der Waals surface area contributed by atoms with Crippen LogP contribution in [0.1, 0.15) is 25.7 Å². The van der Waals surface area contributed by atoms with Crippen LogP contribution in [-0.4, -0.2) is 6.04 Å². The maximum absolute atomic E-state index is 13.1. The number of nitrogens with two attached hydrogens (primary N) is 1. The van der Waals surface area contributed by atoms with Crippen LogP contribution in [0.5, 0.6) is 0 Å². The molecule has 1 saturated carbocycles. The second-order valence-electron chi connectivity index (χ2n) is 3.97. The predicted molar refractivity (Wildman–Crippen MR) is 56.6 cm³/mol. The van der Waals surface area contributed by atoms with Gasteiger partial charge < -0.3 is 11.1 Å². The molecule has 0 amide bonds.